The van der Waals surface area contributed by atoms with Gasteiger partial charge in [-0.25, -0.2) is 4.79 Å². The molecule has 0 bridgehead atoms. The highest BCUT2D eigenvalue weighted by molar-refractivity contribution is 5.74. The molecule has 18 heavy (non-hydrogen) atoms. The van der Waals surface area contributed by atoms with Gasteiger partial charge in [-0.2, -0.15) is 0 Å². The number of hydrogen-bond acceptors (Lipinski definition) is 2. The smallest absolute Gasteiger partial charge is 0.317 e. The molecule has 0 radical (unpaired) electrons. The van der Waals surface area contributed by atoms with Crippen molar-refractivity contribution in [2.75, 3.05) is 19.7 Å². The van der Waals surface area contributed by atoms with Crippen molar-refractivity contribution in [2.24, 2.45) is 11.8 Å². The van der Waals surface area contributed by atoms with Gasteiger partial charge in [0.15, 0.2) is 0 Å². The molecule has 0 aromatic carbocycles. The van der Waals surface area contributed by atoms with E-state index < -0.39 is 0 Å². The molecule has 1 N–H and O–H groups in total. The fraction of sp³-hybridized carbons (Fsp3) is 0.929. The van der Waals surface area contributed by atoms with Crippen LogP contribution in [0.1, 0.15) is 39.0 Å². The first-order valence-electron chi connectivity index (χ1n) is 7.41. The second-order valence-electron chi connectivity index (χ2n) is 6.19. The molecule has 3 fully saturated rings. The molecule has 2 atom stereocenters. The molecule has 3 aliphatic rings. The molecule has 2 unspecified atom stereocenters. The minimum absolute atomic E-state index is 0.128. The quantitative estimate of drug-likeness (QED) is 0.816. The molecule has 1 aliphatic carbocycles. The number of urea groups is 1. The number of carbonyl (C=O) groups is 1. The summed E-state index contributed by atoms with van der Waals surface area (Å²) >= 11 is 0. The molecule has 0 aromatic heterocycles. The summed E-state index contributed by atoms with van der Waals surface area (Å²) in [6.45, 7) is 4.90. The number of rotatable bonds is 2. The number of likely N-dealkylation sites (tertiary alicyclic amines) is 1. The van der Waals surface area contributed by atoms with Crippen molar-refractivity contribution in [3.8, 4) is 0 Å². The minimum Gasteiger partial charge on any atom is -0.376 e. The molecule has 2 aliphatic heterocycles. The first-order chi connectivity index (χ1) is 8.74. The van der Waals surface area contributed by atoms with Crippen molar-refractivity contribution in [3.63, 3.8) is 0 Å². The number of nitrogens with one attached hydrogen (secondary N) is 1. The zero-order valence-corrected chi connectivity index (χ0v) is 11.2. The van der Waals surface area contributed by atoms with Crippen LogP contribution in [0, 0.1) is 11.8 Å². The summed E-state index contributed by atoms with van der Waals surface area (Å²) in [4.78, 5) is 14.2. The molecule has 3 rings (SSSR count). The van der Waals surface area contributed by atoms with Crippen LogP contribution >= 0.6 is 0 Å². The lowest BCUT2D eigenvalue weighted by molar-refractivity contribution is 0.0803. The van der Waals surface area contributed by atoms with Gasteiger partial charge in [-0.05, 0) is 43.9 Å². The van der Waals surface area contributed by atoms with E-state index in [9.17, 15) is 4.79 Å². The zero-order chi connectivity index (χ0) is 12.5. The SMILES string of the molecule is CC1CCN(C(=O)NC2CCOC2C2CC2)CC1. The van der Waals surface area contributed by atoms with Gasteiger partial charge >= 0.3 is 6.03 Å². The number of amides is 2. The molecule has 2 amide bonds. The van der Waals surface area contributed by atoms with Crippen LogP contribution in [0.5, 0.6) is 0 Å². The van der Waals surface area contributed by atoms with Gasteiger partial charge in [0.05, 0.1) is 12.1 Å². The largest absolute Gasteiger partial charge is 0.376 e. The molecule has 2 saturated heterocycles. The highest BCUT2D eigenvalue weighted by Crippen LogP contribution is 2.38. The highest BCUT2D eigenvalue weighted by Gasteiger charge is 2.41. The minimum atomic E-state index is 0.128. The van der Waals surface area contributed by atoms with E-state index in [1.807, 2.05) is 4.90 Å². The Morgan fingerprint density at radius 2 is 1.89 bits per heavy atom. The average Bonchev–Trinajstić information content (AvgIpc) is 3.11. The van der Waals surface area contributed by atoms with Gasteiger partial charge in [0.2, 0.25) is 0 Å². The van der Waals surface area contributed by atoms with Crippen molar-refractivity contribution in [1.82, 2.24) is 10.2 Å². The highest BCUT2D eigenvalue weighted by atomic mass is 16.5. The molecular weight excluding hydrogens is 228 g/mol. The number of nitrogens with zero attached hydrogens (tertiary/aromatic N) is 1. The van der Waals surface area contributed by atoms with Crippen molar-refractivity contribution in [1.29, 1.82) is 0 Å². The van der Waals surface area contributed by atoms with Gasteiger partial charge in [0, 0.05) is 19.7 Å². The zero-order valence-electron chi connectivity index (χ0n) is 11.2. The Labute approximate surface area is 109 Å². The molecule has 0 spiro atoms. The Hall–Kier alpha value is -0.770. The van der Waals surface area contributed by atoms with Crippen LogP contribution in [0.25, 0.3) is 0 Å². The van der Waals surface area contributed by atoms with Crippen molar-refractivity contribution >= 4 is 6.03 Å². The van der Waals surface area contributed by atoms with Crippen molar-refractivity contribution in [3.05, 3.63) is 0 Å². The maximum Gasteiger partial charge on any atom is 0.317 e. The molecule has 4 heteroatoms. The molecule has 1 saturated carbocycles. The second-order valence-corrected chi connectivity index (χ2v) is 6.19. The van der Waals surface area contributed by atoms with E-state index in [1.54, 1.807) is 0 Å². The predicted octanol–water partition coefficient (Wildman–Crippen LogP) is 2.00. The standard InChI is InChI=1S/C14H24N2O2/c1-10-4-7-16(8-5-10)14(17)15-12-6-9-18-13(12)11-2-3-11/h10-13H,2-9H2,1H3,(H,15,17). The Morgan fingerprint density at radius 1 is 1.17 bits per heavy atom. The first kappa shape index (κ1) is 12.3. The Balaban J connectivity index is 1.50. The Kier molecular flexibility index (Phi) is 3.46. The average molecular weight is 252 g/mol. The predicted molar refractivity (Wildman–Crippen MR) is 69.4 cm³/mol. The van der Waals surface area contributed by atoms with E-state index in [0.717, 1.165) is 44.9 Å². The van der Waals surface area contributed by atoms with Crippen LogP contribution in [0.2, 0.25) is 0 Å². The summed E-state index contributed by atoms with van der Waals surface area (Å²) in [5.41, 5.74) is 0. The normalized spacial score (nSPS) is 33.7. The third kappa shape index (κ3) is 2.63. The molecule has 2 heterocycles. The lowest BCUT2D eigenvalue weighted by Gasteiger charge is -2.32. The Morgan fingerprint density at radius 3 is 2.56 bits per heavy atom. The monoisotopic (exact) mass is 252 g/mol. The van der Waals surface area contributed by atoms with Gasteiger partial charge in [-0.15, -0.1) is 0 Å². The third-order valence-electron chi connectivity index (χ3n) is 4.60. The van der Waals surface area contributed by atoms with E-state index in [4.69, 9.17) is 4.74 Å². The summed E-state index contributed by atoms with van der Waals surface area (Å²) in [5, 5.41) is 3.20. The summed E-state index contributed by atoms with van der Waals surface area (Å²) in [5.74, 6) is 1.47. The van der Waals surface area contributed by atoms with Crippen LogP contribution in [0.4, 0.5) is 4.79 Å². The van der Waals surface area contributed by atoms with Crippen LogP contribution in [-0.4, -0.2) is 42.8 Å². The van der Waals surface area contributed by atoms with E-state index in [1.165, 1.54) is 12.8 Å². The van der Waals surface area contributed by atoms with Crippen LogP contribution < -0.4 is 5.32 Å². The topological polar surface area (TPSA) is 41.6 Å². The second kappa shape index (κ2) is 5.08. The van der Waals surface area contributed by atoms with Gasteiger partial charge in [-0.1, -0.05) is 6.92 Å². The molecule has 0 aromatic rings. The lowest BCUT2D eigenvalue weighted by atomic mass is 9.99. The fourth-order valence-corrected chi connectivity index (χ4v) is 3.12. The van der Waals surface area contributed by atoms with Crippen molar-refractivity contribution in [2.45, 2.75) is 51.2 Å². The fourth-order valence-electron chi connectivity index (χ4n) is 3.12. The molecular formula is C14H24N2O2. The van der Waals surface area contributed by atoms with E-state index in [2.05, 4.69) is 12.2 Å². The van der Waals surface area contributed by atoms with E-state index in [0.29, 0.717) is 5.92 Å². The number of ether oxygens (including phenoxy) is 1. The lowest BCUT2D eigenvalue weighted by Crippen LogP contribution is -2.50. The first-order valence-corrected chi connectivity index (χ1v) is 7.41. The van der Waals surface area contributed by atoms with Gasteiger partial charge in [-0.3, -0.25) is 0 Å². The van der Waals surface area contributed by atoms with E-state index >= 15 is 0 Å². The number of hydrogen-bond donors (Lipinski definition) is 1. The maximum absolute atomic E-state index is 12.2. The summed E-state index contributed by atoms with van der Waals surface area (Å²) in [6, 6.07) is 0.382. The third-order valence-corrected chi connectivity index (χ3v) is 4.60. The van der Waals surface area contributed by atoms with Gasteiger partial charge in [0.1, 0.15) is 0 Å². The van der Waals surface area contributed by atoms with Crippen LogP contribution in [0.3, 0.4) is 0 Å². The summed E-state index contributed by atoms with van der Waals surface area (Å²) in [7, 11) is 0. The summed E-state index contributed by atoms with van der Waals surface area (Å²) < 4.78 is 5.76. The van der Waals surface area contributed by atoms with Crippen LogP contribution in [0.15, 0.2) is 0 Å². The Bertz CT molecular complexity index is 309. The maximum atomic E-state index is 12.2. The number of carbonyl (C=O) groups excluding carboxylic acids is 1. The van der Waals surface area contributed by atoms with Gasteiger partial charge < -0.3 is 15.0 Å². The summed E-state index contributed by atoms with van der Waals surface area (Å²) in [6.07, 6.45) is 6.10. The van der Waals surface area contributed by atoms with E-state index in [-0.39, 0.29) is 18.2 Å². The molecule has 4 nitrogen and oxygen atoms in total. The van der Waals surface area contributed by atoms with Crippen LogP contribution in [-0.2, 0) is 4.74 Å². The van der Waals surface area contributed by atoms with Crippen molar-refractivity contribution < 1.29 is 9.53 Å². The number of piperidine rings is 1. The molecule has 102 valence electrons. The van der Waals surface area contributed by atoms with Gasteiger partial charge in [0.25, 0.3) is 0 Å².